The van der Waals surface area contributed by atoms with Crippen LogP contribution in [0.4, 0.5) is 11.4 Å². The molecule has 3 aromatic rings. The Morgan fingerprint density at radius 3 is 2.75 bits per heavy atom. The van der Waals surface area contributed by atoms with Gasteiger partial charge in [-0.25, -0.2) is 0 Å². The summed E-state index contributed by atoms with van der Waals surface area (Å²) < 4.78 is 0. The van der Waals surface area contributed by atoms with Crippen LogP contribution in [0.5, 0.6) is 0 Å². The standard InChI is InChI=1S/C18H15ClN4.ClH/c19-14-5-3-6-15(8-14)22-11-16(9-20)23-18-12-21-10-13-4-1-2-7-17(13)18;/h1-8,10,12,16,22-23H,11H2;1H. The van der Waals surface area contributed by atoms with Crippen molar-refractivity contribution >= 4 is 46.2 Å². The first kappa shape index (κ1) is 17.9. The molecule has 0 aliphatic heterocycles. The minimum absolute atomic E-state index is 0. The molecule has 0 fully saturated rings. The van der Waals surface area contributed by atoms with Gasteiger partial charge in [0.2, 0.25) is 0 Å². The molecular weight excluding hydrogens is 343 g/mol. The van der Waals surface area contributed by atoms with Gasteiger partial charge >= 0.3 is 0 Å². The summed E-state index contributed by atoms with van der Waals surface area (Å²) in [7, 11) is 0. The molecule has 0 bridgehead atoms. The van der Waals surface area contributed by atoms with Crippen molar-refractivity contribution in [1.29, 1.82) is 5.26 Å². The predicted octanol–water partition coefficient (Wildman–Crippen LogP) is 4.73. The van der Waals surface area contributed by atoms with E-state index in [-0.39, 0.29) is 18.4 Å². The number of pyridine rings is 1. The average Bonchev–Trinajstić information content (AvgIpc) is 2.59. The molecule has 0 aliphatic rings. The van der Waals surface area contributed by atoms with Crippen molar-refractivity contribution in [3.63, 3.8) is 0 Å². The first-order chi connectivity index (χ1) is 11.3. The largest absolute Gasteiger partial charge is 0.382 e. The quantitative estimate of drug-likeness (QED) is 0.692. The minimum atomic E-state index is -0.387. The summed E-state index contributed by atoms with van der Waals surface area (Å²) in [4.78, 5) is 4.22. The van der Waals surface area contributed by atoms with E-state index in [0.717, 1.165) is 22.1 Å². The fraction of sp³-hybridized carbons (Fsp3) is 0.111. The van der Waals surface area contributed by atoms with Crippen molar-refractivity contribution in [2.75, 3.05) is 17.2 Å². The third-order valence-electron chi connectivity index (χ3n) is 3.49. The zero-order chi connectivity index (χ0) is 16.1. The van der Waals surface area contributed by atoms with Gasteiger partial charge in [-0.05, 0) is 18.2 Å². The Morgan fingerprint density at radius 2 is 1.96 bits per heavy atom. The van der Waals surface area contributed by atoms with Crippen LogP contribution in [0.2, 0.25) is 5.02 Å². The highest BCUT2D eigenvalue weighted by atomic mass is 35.5. The molecule has 24 heavy (non-hydrogen) atoms. The van der Waals surface area contributed by atoms with Gasteiger partial charge in [0.15, 0.2) is 0 Å². The maximum Gasteiger partial charge on any atom is 0.132 e. The monoisotopic (exact) mass is 358 g/mol. The molecule has 0 saturated heterocycles. The Hall–Kier alpha value is -2.48. The minimum Gasteiger partial charge on any atom is -0.382 e. The number of fused-ring (bicyclic) bond motifs is 1. The lowest BCUT2D eigenvalue weighted by Crippen LogP contribution is -2.26. The van der Waals surface area contributed by atoms with E-state index in [2.05, 4.69) is 21.7 Å². The SMILES string of the molecule is Cl.N#CC(CNc1cccc(Cl)c1)Nc1cncc2ccccc12. The number of anilines is 2. The summed E-state index contributed by atoms with van der Waals surface area (Å²) in [6.07, 6.45) is 3.55. The molecule has 1 aromatic heterocycles. The van der Waals surface area contributed by atoms with Crippen LogP contribution >= 0.6 is 24.0 Å². The number of benzene rings is 2. The van der Waals surface area contributed by atoms with Gasteiger partial charge in [-0.2, -0.15) is 5.26 Å². The van der Waals surface area contributed by atoms with Crippen molar-refractivity contribution in [3.8, 4) is 6.07 Å². The second-order valence-electron chi connectivity index (χ2n) is 5.13. The normalized spacial score (nSPS) is 11.2. The van der Waals surface area contributed by atoms with Crippen LogP contribution in [0, 0.1) is 11.3 Å². The van der Waals surface area contributed by atoms with E-state index in [1.165, 1.54) is 0 Å². The number of nitrogens with zero attached hydrogens (tertiary/aromatic N) is 2. The number of rotatable bonds is 5. The zero-order valence-corrected chi connectivity index (χ0v) is 14.3. The fourth-order valence-electron chi connectivity index (χ4n) is 2.37. The van der Waals surface area contributed by atoms with Crippen LogP contribution in [0.15, 0.2) is 60.9 Å². The van der Waals surface area contributed by atoms with Crippen molar-refractivity contribution in [2.45, 2.75) is 6.04 Å². The Morgan fingerprint density at radius 1 is 1.12 bits per heavy atom. The van der Waals surface area contributed by atoms with Gasteiger partial charge in [0, 0.05) is 34.2 Å². The van der Waals surface area contributed by atoms with Gasteiger partial charge < -0.3 is 10.6 Å². The van der Waals surface area contributed by atoms with Crippen LogP contribution < -0.4 is 10.6 Å². The van der Waals surface area contributed by atoms with Gasteiger partial charge in [0.25, 0.3) is 0 Å². The molecule has 1 unspecified atom stereocenters. The van der Waals surface area contributed by atoms with E-state index < -0.39 is 0 Å². The van der Waals surface area contributed by atoms with E-state index in [4.69, 9.17) is 11.6 Å². The van der Waals surface area contributed by atoms with Crippen LogP contribution in [-0.4, -0.2) is 17.6 Å². The topological polar surface area (TPSA) is 60.7 Å². The summed E-state index contributed by atoms with van der Waals surface area (Å²) in [5, 5.41) is 18.6. The molecule has 2 aromatic carbocycles. The van der Waals surface area contributed by atoms with Crippen molar-refractivity contribution < 1.29 is 0 Å². The molecular formula is C18H16Cl2N4. The van der Waals surface area contributed by atoms with Gasteiger partial charge in [-0.1, -0.05) is 41.9 Å². The van der Waals surface area contributed by atoms with Gasteiger partial charge in [-0.3, -0.25) is 4.98 Å². The van der Waals surface area contributed by atoms with Crippen molar-refractivity contribution in [3.05, 3.63) is 65.9 Å². The molecule has 0 amide bonds. The lowest BCUT2D eigenvalue weighted by molar-refractivity contribution is 0.928. The Balaban J connectivity index is 0.00000208. The Kier molecular flexibility index (Phi) is 6.25. The number of nitrogens with one attached hydrogen (secondary N) is 2. The second kappa shape index (κ2) is 8.39. The summed E-state index contributed by atoms with van der Waals surface area (Å²) >= 11 is 5.96. The molecule has 0 radical (unpaired) electrons. The van der Waals surface area contributed by atoms with Crippen LogP contribution in [0.1, 0.15) is 0 Å². The van der Waals surface area contributed by atoms with Crippen molar-refractivity contribution in [1.82, 2.24) is 4.98 Å². The van der Waals surface area contributed by atoms with E-state index >= 15 is 0 Å². The molecule has 4 nitrogen and oxygen atoms in total. The number of aromatic nitrogens is 1. The number of halogens is 2. The number of hydrogen-bond donors (Lipinski definition) is 2. The molecule has 1 heterocycles. The van der Waals surface area contributed by atoms with E-state index in [1.807, 2.05) is 54.7 Å². The highest BCUT2D eigenvalue weighted by Crippen LogP contribution is 2.22. The lowest BCUT2D eigenvalue weighted by Gasteiger charge is -2.16. The molecule has 122 valence electrons. The van der Waals surface area contributed by atoms with Gasteiger partial charge in [0.1, 0.15) is 6.04 Å². The van der Waals surface area contributed by atoms with E-state index in [9.17, 15) is 5.26 Å². The molecule has 1 atom stereocenters. The van der Waals surface area contributed by atoms with Gasteiger partial charge in [0.05, 0.1) is 18.0 Å². The molecule has 2 N–H and O–H groups in total. The van der Waals surface area contributed by atoms with Crippen LogP contribution in [0.3, 0.4) is 0 Å². The van der Waals surface area contributed by atoms with E-state index in [1.54, 1.807) is 6.20 Å². The smallest absolute Gasteiger partial charge is 0.132 e. The van der Waals surface area contributed by atoms with Crippen LogP contribution in [-0.2, 0) is 0 Å². The first-order valence-electron chi connectivity index (χ1n) is 7.24. The van der Waals surface area contributed by atoms with Crippen molar-refractivity contribution in [2.24, 2.45) is 0 Å². The summed E-state index contributed by atoms with van der Waals surface area (Å²) in [6.45, 7) is 0.458. The van der Waals surface area contributed by atoms with Gasteiger partial charge in [-0.15, -0.1) is 12.4 Å². The Labute approximate surface area is 151 Å². The van der Waals surface area contributed by atoms with Crippen LogP contribution in [0.25, 0.3) is 10.8 Å². The summed E-state index contributed by atoms with van der Waals surface area (Å²) in [5.41, 5.74) is 1.73. The third kappa shape index (κ3) is 4.29. The first-order valence-corrected chi connectivity index (χ1v) is 7.62. The number of nitriles is 1. The highest BCUT2D eigenvalue weighted by Gasteiger charge is 2.09. The maximum atomic E-state index is 9.39. The molecule has 3 rings (SSSR count). The Bertz CT molecular complexity index is 856. The zero-order valence-electron chi connectivity index (χ0n) is 12.7. The summed E-state index contributed by atoms with van der Waals surface area (Å²) in [5.74, 6) is 0. The molecule has 0 saturated carbocycles. The molecule has 6 heteroatoms. The second-order valence-corrected chi connectivity index (χ2v) is 5.56. The number of hydrogen-bond acceptors (Lipinski definition) is 4. The predicted molar refractivity (Wildman–Crippen MR) is 102 cm³/mol. The summed E-state index contributed by atoms with van der Waals surface area (Å²) in [6, 6.07) is 17.3. The molecule has 0 spiro atoms. The molecule has 0 aliphatic carbocycles. The van der Waals surface area contributed by atoms with E-state index in [0.29, 0.717) is 11.6 Å². The maximum absolute atomic E-state index is 9.39. The lowest BCUT2D eigenvalue weighted by atomic mass is 10.1. The fourth-order valence-corrected chi connectivity index (χ4v) is 2.56. The average molecular weight is 359 g/mol. The highest BCUT2D eigenvalue weighted by molar-refractivity contribution is 6.30. The third-order valence-corrected chi connectivity index (χ3v) is 3.72.